The van der Waals surface area contributed by atoms with Gasteiger partial charge in [0.05, 0.1) is 12.3 Å². The zero-order valence-corrected chi connectivity index (χ0v) is 18.4. The molecule has 1 amide bonds. The second-order valence-corrected chi connectivity index (χ2v) is 7.63. The first-order chi connectivity index (χ1) is 15.4. The molecular formula is C22H26N6O4. The van der Waals surface area contributed by atoms with Crippen LogP contribution in [0.25, 0.3) is 11.3 Å². The van der Waals surface area contributed by atoms with Crippen LogP contribution >= 0.6 is 0 Å². The molecule has 168 valence electrons. The van der Waals surface area contributed by atoms with Crippen molar-refractivity contribution in [2.24, 2.45) is 14.1 Å². The number of aromatic amines is 1. The van der Waals surface area contributed by atoms with E-state index in [0.29, 0.717) is 44.3 Å². The Kier molecular flexibility index (Phi) is 5.85. The number of nitrogens with one attached hydrogen (secondary N) is 1. The molecule has 1 aromatic carbocycles. The number of piperazine rings is 1. The summed E-state index contributed by atoms with van der Waals surface area (Å²) in [4.78, 5) is 43.3. The van der Waals surface area contributed by atoms with E-state index >= 15 is 0 Å². The quantitative estimate of drug-likeness (QED) is 0.633. The SMILES string of the molecule is CCOc1ccc(-c2cc(C(=O)N3CCN(c4cc(=O)n(C)c(=O)[nH]4)CC3)n(C)n2)cc1. The Bertz CT molecular complexity index is 1200. The number of anilines is 1. The van der Waals surface area contributed by atoms with Gasteiger partial charge in [-0.3, -0.25) is 23.8 Å². The maximum Gasteiger partial charge on any atom is 0.329 e. The van der Waals surface area contributed by atoms with Crippen LogP contribution in [0.15, 0.2) is 46.0 Å². The van der Waals surface area contributed by atoms with Gasteiger partial charge in [-0.25, -0.2) is 4.79 Å². The van der Waals surface area contributed by atoms with E-state index < -0.39 is 5.69 Å². The first-order valence-electron chi connectivity index (χ1n) is 10.5. The molecule has 32 heavy (non-hydrogen) atoms. The number of H-pyrrole nitrogens is 1. The highest BCUT2D eigenvalue weighted by Crippen LogP contribution is 2.23. The number of aryl methyl sites for hydroxylation is 1. The normalized spacial score (nSPS) is 14.0. The highest BCUT2D eigenvalue weighted by molar-refractivity contribution is 5.94. The monoisotopic (exact) mass is 438 g/mol. The Morgan fingerprint density at radius 3 is 2.38 bits per heavy atom. The average Bonchev–Trinajstić information content (AvgIpc) is 3.19. The van der Waals surface area contributed by atoms with Crippen LogP contribution in [0.3, 0.4) is 0 Å². The lowest BCUT2D eigenvalue weighted by atomic mass is 10.1. The molecule has 4 rings (SSSR count). The molecule has 0 radical (unpaired) electrons. The van der Waals surface area contributed by atoms with Crippen LogP contribution < -0.4 is 20.9 Å². The van der Waals surface area contributed by atoms with Gasteiger partial charge in [-0.05, 0) is 37.3 Å². The summed E-state index contributed by atoms with van der Waals surface area (Å²) in [5, 5.41) is 4.50. The lowest BCUT2D eigenvalue weighted by Gasteiger charge is -2.35. The molecule has 0 saturated carbocycles. The summed E-state index contributed by atoms with van der Waals surface area (Å²) in [5.41, 5.74) is 1.31. The van der Waals surface area contributed by atoms with Crippen LogP contribution in [0.5, 0.6) is 5.75 Å². The number of rotatable bonds is 5. The molecule has 10 nitrogen and oxygen atoms in total. The molecule has 1 aliphatic rings. The van der Waals surface area contributed by atoms with Gasteiger partial charge >= 0.3 is 5.69 Å². The van der Waals surface area contributed by atoms with Gasteiger partial charge in [0.25, 0.3) is 11.5 Å². The summed E-state index contributed by atoms with van der Waals surface area (Å²) in [6.07, 6.45) is 0. The zero-order valence-electron chi connectivity index (χ0n) is 18.4. The molecule has 1 N–H and O–H groups in total. The van der Waals surface area contributed by atoms with Crippen molar-refractivity contribution in [3.05, 3.63) is 62.9 Å². The molecule has 1 fully saturated rings. The summed E-state index contributed by atoms with van der Waals surface area (Å²) in [5.74, 6) is 1.16. The van der Waals surface area contributed by atoms with Crippen molar-refractivity contribution in [3.8, 4) is 17.0 Å². The number of nitrogens with zero attached hydrogens (tertiary/aromatic N) is 5. The summed E-state index contributed by atoms with van der Waals surface area (Å²) in [6.45, 7) is 4.51. The van der Waals surface area contributed by atoms with Gasteiger partial charge < -0.3 is 14.5 Å². The van der Waals surface area contributed by atoms with Gasteiger partial charge in [-0.15, -0.1) is 0 Å². The second kappa shape index (κ2) is 8.74. The van der Waals surface area contributed by atoms with Crippen molar-refractivity contribution in [2.45, 2.75) is 6.92 Å². The van der Waals surface area contributed by atoms with Crippen LogP contribution in [0.1, 0.15) is 17.4 Å². The molecule has 10 heteroatoms. The predicted molar refractivity (Wildman–Crippen MR) is 120 cm³/mol. The Morgan fingerprint density at radius 2 is 1.75 bits per heavy atom. The van der Waals surface area contributed by atoms with Crippen LogP contribution in [-0.4, -0.2) is 62.9 Å². The number of hydrogen-bond acceptors (Lipinski definition) is 6. The maximum absolute atomic E-state index is 13.1. The number of aromatic nitrogens is 4. The van der Waals surface area contributed by atoms with Gasteiger partial charge in [0.2, 0.25) is 0 Å². The van der Waals surface area contributed by atoms with Crippen molar-refractivity contribution in [2.75, 3.05) is 37.7 Å². The minimum atomic E-state index is -0.456. The van der Waals surface area contributed by atoms with Gasteiger partial charge in [0.15, 0.2) is 0 Å². The third-order valence-corrected chi connectivity index (χ3v) is 5.60. The van der Waals surface area contributed by atoms with Crippen LogP contribution in [0.2, 0.25) is 0 Å². The molecular weight excluding hydrogens is 412 g/mol. The first-order valence-corrected chi connectivity index (χ1v) is 10.5. The van der Waals surface area contributed by atoms with E-state index in [-0.39, 0.29) is 11.5 Å². The fourth-order valence-electron chi connectivity index (χ4n) is 3.72. The molecule has 0 atom stereocenters. The summed E-state index contributed by atoms with van der Waals surface area (Å²) < 4.78 is 8.09. The Labute approximate surface area is 184 Å². The number of carbonyl (C=O) groups is 1. The van der Waals surface area contributed by atoms with Crippen LogP contribution in [-0.2, 0) is 14.1 Å². The first kappa shape index (κ1) is 21.4. The van der Waals surface area contributed by atoms with Crippen LogP contribution in [0.4, 0.5) is 5.82 Å². The predicted octanol–water partition coefficient (Wildman–Crippen LogP) is 0.835. The third kappa shape index (κ3) is 4.16. The van der Waals surface area contributed by atoms with Gasteiger partial charge in [-0.1, -0.05) is 0 Å². The van der Waals surface area contributed by atoms with Gasteiger partial charge in [0.1, 0.15) is 17.3 Å². The summed E-state index contributed by atoms with van der Waals surface area (Å²) >= 11 is 0. The Hall–Kier alpha value is -3.82. The molecule has 0 aliphatic carbocycles. The maximum atomic E-state index is 13.1. The molecule has 0 unspecified atom stereocenters. The summed E-state index contributed by atoms with van der Waals surface area (Å²) in [6, 6.07) is 10.8. The molecule has 3 heterocycles. The Balaban J connectivity index is 1.45. The second-order valence-electron chi connectivity index (χ2n) is 7.63. The van der Waals surface area contributed by atoms with Crippen molar-refractivity contribution >= 4 is 11.7 Å². The van der Waals surface area contributed by atoms with Crippen molar-refractivity contribution in [1.82, 2.24) is 24.2 Å². The van der Waals surface area contributed by atoms with E-state index in [1.54, 1.807) is 22.7 Å². The van der Waals surface area contributed by atoms with E-state index in [2.05, 4.69) is 10.1 Å². The van der Waals surface area contributed by atoms with E-state index in [1.165, 1.54) is 13.1 Å². The van der Waals surface area contributed by atoms with Crippen LogP contribution in [0, 0.1) is 0 Å². The van der Waals surface area contributed by atoms with E-state index in [0.717, 1.165) is 21.6 Å². The summed E-state index contributed by atoms with van der Waals surface area (Å²) in [7, 11) is 3.18. The highest BCUT2D eigenvalue weighted by atomic mass is 16.5. The molecule has 0 bridgehead atoms. The fraction of sp³-hybridized carbons (Fsp3) is 0.364. The van der Waals surface area contributed by atoms with Crippen molar-refractivity contribution < 1.29 is 9.53 Å². The molecule has 2 aromatic heterocycles. The van der Waals surface area contributed by atoms with E-state index in [9.17, 15) is 14.4 Å². The standard InChI is InChI=1S/C22H26N6O4/c1-4-32-16-7-5-15(6-8-16)17-13-18(26(3)24-17)21(30)28-11-9-27(10-12-28)19-14-20(29)25(2)22(31)23-19/h5-8,13-14H,4,9-12H2,1-3H3,(H,23,31). The minimum absolute atomic E-state index is 0.102. The number of benzene rings is 1. The topological polar surface area (TPSA) is 105 Å². The average molecular weight is 438 g/mol. The lowest BCUT2D eigenvalue weighted by Crippen LogP contribution is -2.50. The number of carbonyl (C=O) groups excluding carboxylic acids is 1. The number of amides is 1. The van der Waals surface area contributed by atoms with Crippen molar-refractivity contribution in [3.63, 3.8) is 0 Å². The third-order valence-electron chi connectivity index (χ3n) is 5.60. The van der Waals surface area contributed by atoms with E-state index in [1.807, 2.05) is 36.1 Å². The molecule has 3 aromatic rings. The molecule has 1 aliphatic heterocycles. The minimum Gasteiger partial charge on any atom is -0.494 e. The largest absolute Gasteiger partial charge is 0.494 e. The lowest BCUT2D eigenvalue weighted by molar-refractivity contribution is 0.0735. The molecule has 1 saturated heterocycles. The molecule has 0 spiro atoms. The van der Waals surface area contributed by atoms with E-state index in [4.69, 9.17) is 4.74 Å². The smallest absolute Gasteiger partial charge is 0.329 e. The van der Waals surface area contributed by atoms with Gasteiger partial charge in [0, 0.05) is 51.9 Å². The number of ether oxygens (including phenoxy) is 1. The van der Waals surface area contributed by atoms with Gasteiger partial charge in [-0.2, -0.15) is 5.10 Å². The highest BCUT2D eigenvalue weighted by Gasteiger charge is 2.25. The fourth-order valence-corrected chi connectivity index (χ4v) is 3.72. The zero-order chi connectivity index (χ0) is 22.8. The van der Waals surface area contributed by atoms with Crippen molar-refractivity contribution in [1.29, 1.82) is 0 Å². The number of hydrogen-bond donors (Lipinski definition) is 1. The Morgan fingerprint density at radius 1 is 1.06 bits per heavy atom.